The SMILES string of the molecule is O=C1N=NC(C2=CCCC2)=C1C1=CCCC1. The minimum atomic E-state index is -0.143. The summed E-state index contributed by atoms with van der Waals surface area (Å²) in [5.74, 6) is -0.143. The van der Waals surface area contributed by atoms with Crippen molar-refractivity contribution in [2.45, 2.75) is 38.5 Å². The number of amides is 1. The summed E-state index contributed by atoms with van der Waals surface area (Å²) in [4.78, 5) is 11.7. The van der Waals surface area contributed by atoms with Crippen molar-refractivity contribution in [3.8, 4) is 0 Å². The van der Waals surface area contributed by atoms with Gasteiger partial charge in [-0.25, -0.2) is 0 Å². The second-order valence-electron chi connectivity index (χ2n) is 4.47. The van der Waals surface area contributed by atoms with Crippen molar-refractivity contribution in [3.05, 3.63) is 34.6 Å². The molecule has 0 saturated carbocycles. The van der Waals surface area contributed by atoms with Crippen LogP contribution in [-0.2, 0) is 4.79 Å². The Kier molecular flexibility index (Phi) is 2.31. The van der Waals surface area contributed by atoms with Crippen LogP contribution in [0.5, 0.6) is 0 Å². The standard InChI is InChI=1S/C13H14N2O/c16-13-11(9-5-1-2-6-9)12(14-15-13)10-7-3-4-8-10/h5,7H,1-4,6,8H2. The first-order chi connectivity index (χ1) is 7.86. The minimum Gasteiger partial charge on any atom is -0.265 e. The van der Waals surface area contributed by atoms with Gasteiger partial charge in [-0.1, -0.05) is 12.2 Å². The van der Waals surface area contributed by atoms with Crippen molar-refractivity contribution >= 4 is 5.91 Å². The molecule has 3 heteroatoms. The Bertz CT molecular complexity index is 440. The van der Waals surface area contributed by atoms with Crippen LogP contribution in [0.4, 0.5) is 0 Å². The second-order valence-corrected chi connectivity index (χ2v) is 4.47. The highest BCUT2D eigenvalue weighted by Gasteiger charge is 2.28. The van der Waals surface area contributed by atoms with Gasteiger partial charge in [0.05, 0.1) is 5.57 Å². The maximum absolute atomic E-state index is 11.7. The molecule has 0 unspecified atom stereocenters. The Labute approximate surface area is 94.6 Å². The van der Waals surface area contributed by atoms with Gasteiger partial charge in [0.1, 0.15) is 5.70 Å². The number of azo groups is 1. The molecule has 3 rings (SSSR count). The Hall–Kier alpha value is -1.51. The zero-order valence-corrected chi connectivity index (χ0v) is 9.20. The lowest BCUT2D eigenvalue weighted by atomic mass is 9.99. The molecular weight excluding hydrogens is 200 g/mol. The fourth-order valence-electron chi connectivity index (χ4n) is 2.59. The molecule has 0 aromatic carbocycles. The molecule has 0 N–H and O–H groups in total. The van der Waals surface area contributed by atoms with E-state index in [0.717, 1.165) is 48.9 Å². The molecule has 82 valence electrons. The van der Waals surface area contributed by atoms with Crippen LogP contribution in [0.1, 0.15) is 38.5 Å². The third-order valence-electron chi connectivity index (χ3n) is 3.40. The number of allylic oxidation sites excluding steroid dienone is 3. The lowest BCUT2D eigenvalue weighted by Gasteiger charge is -2.04. The third-order valence-corrected chi connectivity index (χ3v) is 3.40. The molecule has 0 radical (unpaired) electrons. The summed E-state index contributed by atoms with van der Waals surface area (Å²) in [5.41, 5.74) is 4.02. The fraction of sp³-hybridized carbons (Fsp3) is 0.462. The minimum absolute atomic E-state index is 0.143. The van der Waals surface area contributed by atoms with E-state index in [0.29, 0.717) is 0 Å². The summed E-state index contributed by atoms with van der Waals surface area (Å²) in [6, 6.07) is 0. The van der Waals surface area contributed by atoms with Gasteiger partial charge in [0.15, 0.2) is 0 Å². The van der Waals surface area contributed by atoms with Gasteiger partial charge in [-0.2, -0.15) is 0 Å². The smallest absolute Gasteiger partial charge is 0.265 e. The molecule has 16 heavy (non-hydrogen) atoms. The molecule has 0 fully saturated rings. The van der Waals surface area contributed by atoms with E-state index in [9.17, 15) is 4.79 Å². The van der Waals surface area contributed by atoms with E-state index >= 15 is 0 Å². The number of carbonyl (C=O) groups excluding carboxylic acids is 1. The number of hydrogen-bond donors (Lipinski definition) is 0. The van der Waals surface area contributed by atoms with Gasteiger partial charge >= 0.3 is 0 Å². The zero-order valence-electron chi connectivity index (χ0n) is 9.20. The normalized spacial score (nSPS) is 24.4. The van der Waals surface area contributed by atoms with E-state index in [1.165, 1.54) is 12.0 Å². The monoisotopic (exact) mass is 214 g/mol. The molecular formula is C13H14N2O. The van der Waals surface area contributed by atoms with Gasteiger partial charge in [0.2, 0.25) is 0 Å². The van der Waals surface area contributed by atoms with Crippen LogP contribution < -0.4 is 0 Å². The van der Waals surface area contributed by atoms with E-state index in [-0.39, 0.29) is 5.91 Å². The molecule has 3 aliphatic rings. The molecule has 0 aromatic rings. The zero-order chi connectivity index (χ0) is 11.0. The molecule has 2 aliphatic carbocycles. The molecule has 1 aliphatic heterocycles. The first-order valence-corrected chi connectivity index (χ1v) is 5.95. The summed E-state index contributed by atoms with van der Waals surface area (Å²) >= 11 is 0. The Balaban J connectivity index is 2.03. The molecule has 0 saturated heterocycles. The highest BCUT2D eigenvalue weighted by Crippen LogP contribution is 2.37. The third kappa shape index (κ3) is 1.47. The van der Waals surface area contributed by atoms with Gasteiger partial charge in [0, 0.05) is 0 Å². The van der Waals surface area contributed by atoms with Crippen LogP contribution in [0.25, 0.3) is 0 Å². The maximum Gasteiger partial charge on any atom is 0.297 e. The van der Waals surface area contributed by atoms with Gasteiger partial charge in [-0.3, -0.25) is 4.79 Å². The molecule has 1 amide bonds. The Morgan fingerprint density at radius 1 is 0.938 bits per heavy atom. The fourth-order valence-corrected chi connectivity index (χ4v) is 2.59. The van der Waals surface area contributed by atoms with Crippen molar-refractivity contribution in [1.82, 2.24) is 0 Å². The van der Waals surface area contributed by atoms with Crippen LogP contribution in [0.2, 0.25) is 0 Å². The van der Waals surface area contributed by atoms with Crippen molar-refractivity contribution in [2.24, 2.45) is 10.2 Å². The van der Waals surface area contributed by atoms with Crippen LogP contribution in [-0.4, -0.2) is 5.91 Å². The lowest BCUT2D eigenvalue weighted by Crippen LogP contribution is -2.00. The summed E-state index contributed by atoms with van der Waals surface area (Å²) in [7, 11) is 0. The quantitative estimate of drug-likeness (QED) is 0.694. The van der Waals surface area contributed by atoms with E-state index in [4.69, 9.17) is 0 Å². The average molecular weight is 214 g/mol. The summed E-state index contributed by atoms with van der Waals surface area (Å²) < 4.78 is 0. The number of hydrogen-bond acceptors (Lipinski definition) is 2. The topological polar surface area (TPSA) is 41.8 Å². The second kappa shape index (κ2) is 3.81. The first kappa shape index (κ1) is 9.70. The van der Waals surface area contributed by atoms with E-state index in [2.05, 4.69) is 22.4 Å². The van der Waals surface area contributed by atoms with Gasteiger partial charge in [0.25, 0.3) is 5.91 Å². The van der Waals surface area contributed by atoms with Crippen LogP contribution >= 0.6 is 0 Å². The molecule has 3 nitrogen and oxygen atoms in total. The van der Waals surface area contributed by atoms with E-state index in [1.807, 2.05) is 0 Å². The highest BCUT2D eigenvalue weighted by molar-refractivity contribution is 6.01. The van der Waals surface area contributed by atoms with Crippen LogP contribution in [0.15, 0.2) is 44.8 Å². The predicted molar refractivity (Wildman–Crippen MR) is 60.8 cm³/mol. The van der Waals surface area contributed by atoms with E-state index < -0.39 is 0 Å². The van der Waals surface area contributed by atoms with E-state index in [1.54, 1.807) is 0 Å². The van der Waals surface area contributed by atoms with Gasteiger partial charge in [-0.05, 0) is 49.7 Å². The summed E-state index contributed by atoms with van der Waals surface area (Å²) in [5, 5.41) is 7.79. The van der Waals surface area contributed by atoms with Crippen LogP contribution in [0, 0.1) is 0 Å². The molecule has 0 spiro atoms. The van der Waals surface area contributed by atoms with Crippen molar-refractivity contribution < 1.29 is 4.79 Å². The number of carbonyl (C=O) groups is 1. The molecule has 0 atom stereocenters. The van der Waals surface area contributed by atoms with Gasteiger partial charge < -0.3 is 0 Å². The van der Waals surface area contributed by atoms with Crippen molar-refractivity contribution in [3.63, 3.8) is 0 Å². The van der Waals surface area contributed by atoms with Crippen molar-refractivity contribution in [1.29, 1.82) is 0 Å². The first-order valence-electron chi connectivity index (χ1n) is 5.95. The summed E-state index contributed by atoms with van der Waals surface area (Å²) in [6.45, 7) is 0. The van der Waals surface area contributed by atoms with Crippen molar-refractivity contribution in [2.75, 3.05) is 0 Å². The van der Waals surface area contributed by atoms with Gasteiger partial charge in [-0.15, -0.1) is 10.2 Å². The summed E-state index contributed by atoms with van der Waals surface area (Å²) in [6.07, 6.45) is 10.9. The highest BCUT2D eigenvalue weighted by atomic mass is 16.2. The Morgan fingerprint density at radius 3 is 2.25 bits per heavy atom. The molecule has 1 heterocycles. The lowest BCUT2D eigenvalue weighted by molar-refractivity contribution is -0.114. The number of rotatable bonds is 2. The average Bonchev–Trinajstić information content (AvgIpc) is 2.96. The maximum atomic E-state index is 11.7. The predicted octanol–water partition coefficient (Wildman–Crippen LogP) is 3.45. The Morgan fingerprint density at radius 2 is 1.62 bits per heavy atom. The largest absolute Gasteiger partial charge is 0.297 e. The molecule has 0 bridgehead atoms. The molecule has 0 aromatic heterocycles. The van der Waals surface area contributed by atoms with Crippen LogP contribution in [0.3, 0.4) is 0 Å². The number of nitrogens with zero attached hydrogens (tertiary/aromatic N) is 2.